The van der Waals surface area contributed by atoms with Crippen LogP contribution in [0.4, 0.5) is 0 Å². The molecule has 6 aromatic carbocycles. The molecule has 188 valence electrons. The molecule has 0 aliphatic carbocycles. The minimum Gasteiger partial charge on any atom is -0.0622 e. The summed E-state index contributed by atoms with van der Waals surface area (Å²) in [4.78, 5) is 0. The monoisotopic (exact) mass is 510 g/mol. The Hall–Kier alpha value is -5.20. The molecule has 0 saturated heterocycles. The quantitative estimate of drug-likeness (QED) is 0.179. The summed E-state index contributed by atoms with van der Waals surface area (Å²) >= 11 is 0. The van der Waals surface area contributed by atoms with Crippen molar-refractivity contribution in [1.29, 1.82) is 0 Å². The predicted octanol–water partition coefficient (Wildman–Crippen LogP) is 9.83. The summed E-state index contributed by atoms with van der Waals surface area (Å²) in [7, 11) is 0. The molecule has 0 saturated carbocycles. The van der Waals surface area contributed by atoms with E-state index in [0.717, 1.165) is 0 Å². The summed E-state index contributed by atoms with van der Waals surface area (Å²) in [5.41, 5.74) is 9.47. The van der Waals surface area contributed by atoms with Crippen LogP contribution in [0, 0.1) is 11.8 Å². The summed E-state index contributed by atoms with van der Waals surface area (Å²) in [5.74, 6) is 2.40. The van der Waals surface area contributed by atoms with Gasteiger partial charge in [-0.1, -0.05) is 72.8 Å². The van der Waals surface area contributed by atoms with E-state index in [0.29, 0.717) is 0 Å². The second-order valence-corrected chi connectivity index (χ2v) is 9.70. The molecule has 6 rings (SSSR count). The molecule has 0 N–H and O–H groups in total. The zero-order valence-electron chi connectivity index (χ0n) is 22.3. The molecule has 0 heterocycles. The van der Waals surface area contributed by atoms with Gasteiger partial charge in [0.25, 0.3) is 0 Å². The van der Waals surface area contributed by atoms with Crippen molar-refractivity contribution in [1.82, 2.24) is 0 Å². The maximum absolute atomic E-state index is 2.23. The first-order valence-corrected chi connectivity index (χ1v) is 13.7. The first kappa shape index (κ1) is 25.1. The third kappa shape index (κ3) is 5.34. The van der Waals surface area contributed by atoms with Crippen LogP contribution in [0.5, 0.6) is 0 Å². The maximum Gasteiger partial charge on any atom is 0.141 e. The molecule has 0 bridgehead atoms. The van der Waals surface area contributed by atoms with Crippen LogP contribution in [0.15, 0.2) is 188 Å². The van der Waals surface area contributed by atoms with Gasteiger partial charge in [0.1, 0.15) is 22.6 Å². The number of benzene rings is 6. The molecular formula is C40H30+2. The van der Waals surface area contributed by atoms with Crippen LogP contribution in [-0.4, -0.2) is 0 Å². The lowest BCUT2D eigenvalue weighted by Gasteiger charge is -2.23. The van der Waals surface area contributed by atoms with Crippen LogP contribution >= 0.6 is 0 Å². The van der Waals surface area contributed by atoms with Crippen LogP contribution in [-0.2, 0) is 0 Å². The fourth-order valence-electron chi connectivity index (χ4n) is 5.37. The Morgan fingerprint density at radius 2 is 0.500 bits per heavy atom. The van der Waals surface area contributed by atoms with Crippen molar-refractivity contribution in [2.75, 3.05) is 0 Å². The summed E-state index contributed by atoms with van der Waals surface area (Å²) in [6.45, 7) is 0. The summed E-state index contributed by atoms with van der Waals surface area (Å²) in [6.07, 6.45) is 0. The van der Waals surface area contributed by atoms with E-state index in [-0.39, 0.29) is 0 Å². The van der Waals surface area contributed by atoms with E-state index >= 15 is 0 Å². The molecule has 0 unspecified atom stereocenters. The Kier molecular flexibility index (Phi) is 7.60. The molecule has 0 radical (unpaired) electrons. The van der Waals surface area contributed by atoms with Gasteiger partial charge in [-0.15, -0.1) is 0 Å². The Bertz CT molecular complexity index is 1430. The topological polar surface area (TPSA) is 0 Å². The molecule has 0 atom stereocenters. The van der Waals surface area contributed by atoms with Gasteiger partial charge in [-0.05, 0) is 84.9 Å². The molecule has 0 aliphatic heterocycles. The van der Waals surface area contributed by atoms with Crippen molar-refractivity contribution in [2.45, 2.75) is 0 Å². The van der Waals surface area contributed by atoms with Crippen LogP contribution in [0.2, 0.25) is 0 Å². The summed E-state index contributed by atoms with van der Waals surface area (Å²) < 4.78 is 0. The zero-order chi connectivity index (χ0) is 27.0. The van der Waals surface area contributed by atoms with Crippen LogP contribution < -0.4 is 0 Å². The molecular weight excluding hydrogens is 480 g/mol. The fraction of sp³-hybridized carbons (Fsp3) is 0. The molecule has 0 nitrogen and oxygen atoms in total. The Labute approximate surface area is 237 Å². The Balaban J connectivity index is 1.79. The lowest BCUT2D eigenvalue weighted by Crippen LogP contribution is -2.18. The normalized spacial score (nSPS) is 10.5. The van der Waals surface area contributed by atoms with Crippen molar-refractivity contribution >= 4 is 5.57 Å². The highest BCUT2D eigenvalue weighted by molar-refractivity contribution is 5.91. The average molecular weight is 511 g/mol. The van der Waals surface area contributed by atoms with Crippen LogP contribution in [0.1, 0.15) is 33.4 Å². The second kappa shape index (κ2) is 12.1. The van der Waals surface area contributed by atoms with Crippen molar-refractivity contribution in [2.24, 2.45) is 0 Å². The van der Waals surface area contributed by atoms with Crippen molar-refractivity contribution < 1.29 is 0 Å². The first-order chi connectivity index (χ1) is 19.9. The van der Waals surface area contributed by atoms with Gasteiger partial charge in [0, 0.05) is 46.5 Å². The number of rotatable bonds is 8. The van der Waals surface area contributed by atoms with Gasteiger partial charge in [-0.2, -0.15) is 0 Å². The van der Waals surface area contributed by atoms with Gasteiger partial charge in [-0.25, -0.2) is 0 Å². The lowest BCUT2D eigenvalue weighted by atomic mass is 9.70. The highest BCUT2D eigenvalue weighted by Gasteiger charge is 2.42. The van der Waals surface area contributed by atoms with Crippen molar-refractivity contribution in [3.05, 3.63) is 233 Å². The molecule has 0 spiro atoms. The largest absolute Gasteiger partial charge is 0.141 e. The highest BCUT2D eigenvalue weighted by atomic mass is 14.3. The lowest BCUT2D eigenvalue weighted by molar-refractivity contribution is 1.11. The number of allylic oxidation sites excluding steroid dienone is 1. The maximum atomic E-state index is 2.23. The minimum atomic E-state index is 1.18. The zero-order valence-corrected chi connectivity index (χ0v) is 22.3. The van der Waals surface area contributed by atoms with E-state index in [9.17, 15) is 0 Å². The summed E-state index contributed by atoms with van der Waals surface area (Å²) in [6, 6.07) is 64.8. The third-order valence-electron chi connectivity index (χ3n) is 7.12. The van der Waals surface area contributed by atoms with Gasteiger partial charge in [0.2, 0.25) is 0 Å². The summed E-state index contributed by atoms with van der Waals surface area (Å²) in [5, 5.41) is 0. The second-order valence-electron chi connectivity index (χ2n) is 9.70. The molecule has 0 amide bonds. The number of hydrogen-bond acceptors (Lipinski definition) is 0. The van der Waals surface area contributed by atoms with E-state index < -0.39 is 0 Å². The molecule has 0 heteroatoms. The van der Waals surface area contributed by atoms with E-state index in [4.69, 9.17) is 0 Å². The molecule has 40 heavy (non-hydrogen) atoms. The van der Waals surface area contributed by atoms with Crippen LogP contribution in [0.3, 0.4) is 0 Å². The molecule has 0 aromatic heterocycles. The van der Waals surface area contributed by atoms with E-state index in [1.807, 2.05) is 0 Å². The van der Waals surface area contributed by atoms with E-state index in [2.05, 4.69) is 182 Å². The van der Waals surface area contributed by atoms with Crippen molar-refractivity contribution in [3.63, 3.8) is 0 Å². The third-order valence-corrected chi connectivity index (χ3v) is 7.12. The Morgan fingerprint density at radius 1 is 0.275 bits per heavy atom. The van der Waals surface area contributed by atoms with Gasteiger partial charge < -0.3 is 0 Å². The molecule has 0 fully saturated rings. The van der Waals surface area contributed by atoms with Crippen molar-refractivity contribution in [3.8, 4) is 0 Å². The first-order valence-electron chi connectivity index (χ1n) is 13.7. The standard InChI is InChI=1S/C40H30/c1-7-19-31(20-8-1)37(32-21-9-2-10-22-32)40(38(33-23-11-3-12-24-33)34-25-13-4-14-26-34)39(35-27-15-5-16-28-35)36-29-17-6-18-30-36/h1-30H/q+2. The highest BCUT2D eigenvalue weighted by Crippen LogP contribution is 2.47. The average Bonchev–Trinajstić information content (AvgIpc) is 3.04. The van der Waals surface area contributed by atoms with E-state index in [1.54, 1.807) is 0 Å². The van der Waals surface area contributed by atoms with Crippen LogP contribution in [0.25, 0.3) is 5.57 Å². The minimum absolute atomic E-state index is 1.18. The van der Waals surface area contributed by atoms with Gasteiger partial charge in [0.05, 0.1) is 11.5 Å². The van der Waals surface area contributed by atoms with Gasteiger partial charge >= 0.3 is 0 Å². The van der Waals surface area contributed by atoms with Gasteiger partial charge in [0.15, 0.2) is 0 Å². The SMILES string of the molecule is c1ccc(C(=C([C+](c2ccccc2)c2ccccc2)[C+](c2ccccc2)c2ccccc2)c2ccccc2)cc1. The number of hydrogen-bond donors (Lipinski definition) is 0. The van der Waals surface area contributed by atoms with Gasteiger partial charge in [-0.3, -0.25) is 0 Å². The predicted molar refractivity (Wildman–Crippen MR) is 168 cm³/mol. The molecule has 6 aromatic rings. The fourth-order valence-corrected chi connectivity index (χ4v) is 5.37. The Morgan fingerprint density at radius 3 is 0.750 bits per heavy atom. The smallest absolute Gasteiger partial charge is 0.0622 e. The molecule has 0 aliphatic rings. The van der Waals surface area contributed by atoms with E-state index in [1.165, 1.54) is 56.4 Å².